The minimum atomic E-state index is -1.11. The van der Waals surface area contributed by atoms with Crippen LogP contribution in [0.1, 0.15) is 34.6 Å². The summed E-state index contributed by atoms with van der Waals surface area (Å²) in [7, 11) is 0. The Morgan fingerprint density at radius 1 is 0.833 bits per heavy atom. The highest BCUT2D eigenvalue weighted by Gasteiger charge is 2.23. The zero-order valence-electron chi connectivity index (χ0n) is 11.5. The van der Waals surface area contributed by atoms with E-state index in [9.17, 15) is 14.4 Å². The van der Waals surface area contributed by atoms with Crippen molar-refractivity contribution >= 4 is 17.8 Å². The quantitative estimate of drug-likeness (QED) is 0.641. The largest absolute Gasteiger partial charge is 0.480 e. The van der Waals surface area contributed by atoms with E-state index in [2.05, 4.69) is 10.6 Å². The molecule has 3 unspecified atom stereocenters. The van der Waals surface area contributed by atoms with Crippen molar-refractivity contribution < 1.29 is 19.5 Å². The van der Waals surface area contributed by atoms with Crippen LogP contribution >= 0.6 is 0 Å². The van der Waals surface area contributed by atoms with E-state index in [0.717, 1.165) is 0 Å². The van der Waals surface area contributed by atoms with Crippen molar-refractivity contribution in [3.8, 4) is 0 Å². The molecular weight excluding hydrogens is 236 g/mol. The number of hydrogen-bond donors (Lipinski definition) is 3. The van der Waals surface area contributed by atoms with Crippen LogP contribution in [0.4, 0.5) is 0 Å². The number of carbonyl (C=O) groups is 3. The number of carboxylic acid groups (broad SMARTS) is 1. The molecule has 6 heteroatoms. The third-order valence-corrected chi connectivity index (χ3v) is 2.89. The standard InChI is InChI=1S/C12H22N2O4/c1-6(2)7(3)10(15)13-8(4)11(16)14-9(5)12(17)18/h6-9H,1-5H3,(H,13,15)(H,14,16)(H,17,18). The molecule has 0 rings (SSSR count). The van der Waals surface area contributed by atoms with Crippen molar-refractivity contribution in [1.82, 2.24) is 10.6 Å². The van der Waals surface area contributed by atoms with Gasteiger partial charge in [0, 0.05) is 5.92 Å². The normalized spacial score (nSPS) is 15.7. The van der Waals surface area contributed by atoms with E-state index in [1.165, 1.54) is 13.8 Å². The third-order valence-electron chi connectivity index (χ3n) is 2.89. The molecule has 3 atom stereocenters. The molecule has 0 aromatic carbocycles. The minimum absolute atomic E-state index is 0.179. The van der Waals surface area contributed by atoms with Crippen LogP contribution in [0.2, 0.25) is 0 Å². The lowest BCUT2D eigenvalue weighted by atomic mass is 9.97. The summed E-state index contributed by atoms with van der Waals surface area (Å²) in [6.45, 7) is 8.51. The average molecular weight is 258 g/mol. The highest BCUT2D eigenvalue weighted by atomic mass is 16.4. The van der Waals surface area contributed by atoms with Gasteiger partial charge in [-0.1, -0.05) is 20.8 Å². The zero-order valence-corrected chi connectivity index (χ0v) is 11.5. The van der Waals surface area contributed by atoms with Gasteiger partial charge in [0.2, 0.25) is 11.8 Å². The van der Waals surface area contributed by atoms with E-state index in [1.54, 1.807) is 6.92 Å². The van der Waals surface area contributed by atoms with E-state index in [-0.39, 0.29) is 17.7 Å². The summed E-state index contributed by atoms with van der Waals surface area (Å²) >= 11 is 0. The van der Waals surface area contributed by atoms with E-state index < -0.39 is 24.0 Å². The van der Waals surface area contributed by atoms with Gasteiger partial charge < -0.3 is 15.7 Å². The minimum Gasteiger partial charge on any atom is -0.480 e. The van der Waals surface area contributed by atoms with Gasteiger partial charge in [-0.25, -0.2) is 0 Å². The van der Waals surface area contributed by atoms with Gasteiger partial charge in [0.05, 0.1) is 0 Å². The summed E-state index contributed by atoms with van der Waals surface area (Å²) in [5, 5.41) is 13.5. The lowest BCUT2D eigenvalue weighted by Gasteiger charge is -2.20. The Balaban J connectivity index is 4.32. The molecule has 104 valence electrons. The monoisotopic (exact) mass is 258 g/mol. The molecule has 6 nitrogen and oxygen atoms in total. The van der Waals surface area contributed by atoms with Gasteiger partial charge in [0.1, 0.15) is 12.1 Å². The molecule has 3 N–H and O–H groups in total. The van der Waals surface area contributed by atoms with E-state index in [1.807, 2.05) is 13.8 Å². The van der Waals surface area contributed by atoms with Crippen LogP contribution in [0.25, 0.3) is 0 Å². The molecule has 0 aliphatic heterocycles. The Bertz CT molecular complexity index is 328. The third kappa shape index (κ3) is 5.16. The Morgan fingerprint density at radius 3 is 1.67 bits per heavy atom. The second-order valence-electron chi connectivity index (χ2n) is 4.83. The number of amides is 2. The maximum Gasteiger partial charge on any atom is 0.325 e. The summed E-state index contributed by atoms with van der Waals surface area (Å²) in [4.78, 5) is 33.9. The first-order valence-electron chi connectivity index (χ1n) is 6.00. The average Bonchev–Trinajstić information content (AvgIpc) is 2.26. The van der Waals surface area contributed by atoms with Crippen LogP contribution in [0.5, 0.6) is 0 Å². The first-order valence-corrected chi connectivity index (χ1v) is 6.00. The predicted octanol–water partition coefficient (Wildman–Crippen LogP) is 0.372. The molecule has 0 aliphatic rings. The summed E-state index contributed by atoms with van der Waals surface area (Å²) in [6, 6.07) is -1.72. The Kier molecular flexibility index (Phi) is 6.36. The second kappa shape index (κ2) is 6.98. The van der Waals surface area contributed by atoms with Crippen molar-refractivity contribution in [2.45, 2.75) is 46.7 Å². The van der Waals surface area contributed by atoms with Gasteiger partial charge in [-0.2, -0.15) is 0 Å². The molecule has 0 spiro atoms. The van der Waals surface area contributed by atoms with Crippen molar-refractivity contribution in [2.24, 2.45) is 11.8 Å². The Morgan fingerprint density at radius 2 is 1.28 bits per heavy atom. The molecule has 0 aliphatic carbocycles. The highest BCUT2D eigenvalue weighted by molar-refractivity contribution is 5.90. The van der Waals surface area contributed by atoms with Gasteiger partial charge in [0.25, 0.3) is 0 Å². The number of hydrogen-bond acceptors (Lipinski definition) is 3. The first kappa shape index (κ1) is 16.4. The van der Waals surface area contributed by atoms with Crippen molar-refractivity contribution in [3.05, 3.63) is 0 Å². The maximum absolute atomic E-state index is 11.7. The Hall–Kier alpha value is -1.59. The van der Waals surface area contributed by atoms with Crippen molar-refractivity contribution in [3.63, 3.8) is 0 Å². The highest BCUT2D eigenvalue weighted by Crippen LogP contribution is 2.09. The van der Waals surface area contributed by atoms with E-state index in [4.69, 9.17) is 5.11 Å². The van der Waals surface area contributed by atoms with Crippen molar-refractivity contribution in [2.75, 3.05) is 0 Å². The topological polar surface area (TPSA) is 95.5 Å². The molecule has 0 saturated carbocycles. The fourth-order valence-electron chi connectivity index (χ4n) is 1.11. The molecule has 0 bridgehead atoms. The summed E-state index contributed by atoms with van der Waals surface area (Å²) in [6.07, 6.45) is 0. The van der Waals surface area contributed by atoms with Crippen LogP contribution < -0.4 is 10.6 Å². The number of rotatable bonds is 6. The lowest BCUT2D eigenvalue weighted by molar-refractivity contribution is -0.141. The summed E-state index contributed by atoms with van der Waals surface area (Å²) in [5.41, 5.74) is 0. The number of carbonyl (C=O) groups excluding carboxylic acids is 2. The summed E-state index contributed by atoms with van der Waals surface area (Å²) in [5.74, 6) is -1.85. The van der Waals surface area contributed by atoms with Crippen LogP contribution in [0.15, 0.2) is 0 Å². The molecule has 0 saturated heterocycles. The predicted molar refractivity (Wildman–Crippen MR) is 66.8 cm³/mol. The molecule has 0 radical (unpaired) electrons. The molecule has 0 aromatic heterocycles. The van der Waals surface area contributed by atoms with Gasteiger partial charge in [-0.3, -0.25) is 14.4 Å². The number of aliphatic carboxylic acids is 1. The molecule has 0 aromatic rings. The molecule has 0 fully saturated rings. The SMILES string of the molecule is CC(NC(=O)C(C)NC(=O)C(C)C(C)C)C(=O)O. The van der Waals surface area contributed by atoms with Crippen LogP contribution in [0, 0.1) is 11.8 Å². The van der Waals surface area contributed by atoms with Gasteiger partial charge >= 0.3 is 5.97 Å². The molecular formula is C12H22N2O4. The molecule has 18 heavy (non-hydrogen) atoms. The maximum atomic E-state index is 11.7. The van der Waals surface area contributed by atoms with E-state index >= 15 is 0 Å². The Labute approximate surface area is 107 Å². The smallest absolute Gasteiger partial charge is 0.325 e. The lowest BCUT2D eigenvalue weighted by Crippen LogP contribution is -2.50. The summed E-state index contributed by atoms with van der Waals surface area (Å²) < 4.78 is 0. The zero-order chi connectivity index (χ0) is 14.5. The van der Waals surface area contributed by atoms with Gasteiger partial charge in [-0.05, 0) is 19.8 Å². The fourth-order valence-corrected chi connectivity index (χ4v) is 1.11. The van der Waals surface area contributed by atoms with Gasteiger partial charge in [0.15, 0.2) is 0 Å². The number of carboxylic acids is 1. The molecule has 0 heterocycles. The second-order valence-corrected chi connectivity index (χ2v) is 4.83. The van der Waals surface area contributed by atoms with Crippen LogP contribution in [-0.4, -0.2) is 35.0 Å². The molecule has 2 amide bonds. The van der Waals surface area contributed by atoms with Crippen LogP contribution in [0.3, 0.4) is 0 Å². The van der Waals surface area contributed by atoms with E-state index in [0.29, 0.717) is 0 Å². The van der Waals surface area contributed by atoms with Crippen molar-refractivity contribution in [1.29, 1.82) is 0 Å². The first-order chi connectivity index (χ1) is 8.16. The van der Waals surface area contributed by atoms with Crippen LogP contribution in [-0.2, 0) is 14.4 Å². The van der Waals surface area contributed by atoms with Gasteiger partial charge in [-0.15, -0.1) is 0 Å². The fraction of sp³-hybridized carbons (Fsp3) is 0.750. The number of nitrogens with one attached hydrogen (secondary N) is 2.